The number of para-hydroxylation sites is 1. The maximum Gasteiger partial charge on any atom is 0.338 e. The first-order valence-electron chi connectivity index (χ1n) is 13.4. The molecule has 218 valence electrons. The lowest BCUT2D eigenvalue weighted by Crippen LogP contribution is -2.37. The second-order valence-electron chi connectivity index (χ2n) is 10.0. The molecule has 1 saturated heterocycles. The number of halogens is 2. The van der Waals surface area contributed by atoms with E-state index in [1.165, 1.54) is 11.1 Å². The normalized spacial score (nSPS) is 15.1. The summed E-state index contributed by atoms with van der Waals surface area (Å²) in [4.78, 5) is 29.3. The number of hydrogen-bond acceptors (Lipinski definition) is 7. The number of benzene rings is 3. The predicted octanol–water partition coefficient (Wildman–Crippen LogP) is 5.71. The SMILES string of the molecule is CN/C=C(\C=N)c1cc(Cl)c(C(=O)N2COc3c(cccc3-c3cc(C)c(C(=O)O)c(N4CCOCC4)c3)C2)c(Cl)c1. The van der Waals surface area contributed by atoms with Crippen LogP contribution in [0.3, 0.4) is 0 Å². The minimum absolute atomic E-state index is 0.0226. The number of anilines is 1. The smallest absolute Gasteiger partial charge is 0.338 e. The molecule has 1 amide bonds. The van der Waals surface area contributed by atoms with E-state index in [0.717, 1.165) is 16.7 Å². The van der Waals surface area contributed by atoms with Gasteiger partial charge in [-0.15, -0.1) is 0 Å². The van der Waals surface area contributed by atoms with Crippen molar-refractivity contribution in [1.29, 1.82) is 5.41 Å². The Balaban J connectivity index is 1.46. The van der Waals surface area contributed by atoms with Gasteiger partial charge in [0.1, 0.15) is 5.75 Å². The summed E-state index contributed by atoms with van der Waals surface area (Å²) in [5, 5.41) is 20.8. The van der Waals surface area contributed by atoms with Crippen molar-refractivity contribution in [3.8, 4) is 16.9 Å². The number of hydrogen-bond donors (Lipinski definition) is 3. The Hall–Kier alpha value is -4.05. The molecular weight excluding hydrogens is 579 g/mol. The summed E-state index contributed by atoms with van der Waals surface area (Å²) in [6.07, 6.45) is 2.82. The van der Waals surface area contributed by atoms with Gasteiger partial charge in [0.2, 0.25) is 0 Å². The van der Waals surface area contributed by atoms with Gasteiger partial charge in [0.25, 0.3) is 5.91 Å². The Bertz CT molecular complexity index is 1580. The summed E-state index contributed by atoms with van der Waals surface area (Å²) < 4.78 is 11.7. The third-order valence-electron chi connectivity index (χ3n) is 7.35. The molecule has 2 heterocycles. The summed E-state index contributed by atoms with van der Waals surface area (Å²) >= 11 is 13.1. The number of morpholine rings is 1. The fourth-order valence-corrected chi connectivity index (χ4v) is 6.00. The Morgan fingerprint density at radius 1 is 1.07 bits per heavy atom. The number of ether oxygens (including phenoxy) is 2. The van der Waals surface area contributed by atoms with E-state index >= 15 is 0 Å². The van der Waals surface area contributed by atoms with Gasteiger partial charge in [-0.2, -0.15) is 0 Å². The lowest BCUT2D eigenvalue weighted by Gasteiger charge is -2.32. The van der Waals surface area contributed by atoms with Gasteiger partial charge in [-0.1, -0.05) is 47.5 Å². The van der Waals surface area contributed by atoms with Gasteiger partial charge in [0.05, 0.1) is 46.6 Å². The largest absolute Gasteiger partial charge is 0.478 e. The van der Waals surface area contributed by atoms with Crippen molar-refractivity contribution in [1.82, 2.24) is 10.2 Å². The van der Waals surface area contributed by atoms with Crippen LogP contribution in [0.25, 0.3) is 16.7 Å². The fraction of sp³-hybridized carbons (Fsp3) is 0.258. The van der Waals surface area contributed by atoms with Crippen LogP contribution in [0.5, 0.6) is 5.75 Å². The van der Waals surface area contributed by atoms with Crippen LogP contribution in [0.2, 0.25) is 10.0 Å². The van der Waals surface area contributed by atoms with E-state index in [1.807, 2.05) is 35.2 Å². The van der Waals surface area contributed by atoms with E-state index < -0.39 is 5.97 Å². The summed E-state index contributed by atoms with van der Waals surface area (Å²) in [6.45, 7) is 4.31. The molecule has 0 unspecified atom stereocenters. The van der Waals surface area contributed by atoms with Crippen LogP contribution < -0.4 is 15.0 Å². The molecule has 2 aliphatic rings. The lowest BCUT2D eigenvalue weighted by atomic mass is 9.94. The lowest BCUT2D eigenvalue weighted by molar-refractivity contribution is 0.0516. The fourth-order valence-electron chi connectivity index (χ4n) is 5.35. The van der Waals surface area contributed by atoms with Crippen LogP contribution in [-0.2, 0) is 11.3 Å². The molecule has 42 heavy (non-hydrogen) atoms. The summed E-state index contributed by atoms with van der Waals surface area (Å²) in [7, 11) is 1.72. The number of amides is 1. The molecule has 0 aliphatic carbocycles. The molecule has 0 radical (unpaired) electrons. The highest BCUT2D eigenvalue weighted by atomic mass is 35.5. The Kier molecular flexibility index (Phi) is 8.72. The van der Waals surface area contributed by atoms with Gasteiger partial charge < -0.3 is 35.1 Å². The minimum atomic E-state index is -0.974. The molecular formula is C31H30Cl2N4O5. The van der Waals surface area contributed by atoms with Crippen LogP contribution in [0, 0.1) is 12.3 Å². The van der Waals surface area contributed by atoms with E-state index in [4.69, 9.17) is 38.1 Å². The Labute approximate surface area is 253 Å². The first-order chi connectivity index (χ1) is 20.2. The number of aromatic carboxylic acids is 1. The van der Waals surface area contributed by atoms with Crippen molar-refractivity contribution in [2.45, 2.75) is 13.5 Å². The first kappa shape index (κ1) is 29.4. The van der Waals surface area contributed by atoms with Gasteiger partial charge in [-0.25, -0.2) is 4.79 Å². The number of carboxylic acids is 1. The first-order valence-corrected chi connectivity index (χ1v) is 14.1. The maximum absolute atomic E-state index is 13.6. The van der Waals surface area contributed by atoms with Gasteiger partial charge >= 0.3 is 5.97 Å². The van der Waals surface area contributed by atoms with Crippen molar-refractivity contribution in [2.75, 3.05) is 45.0 Å². The monoisotopic (exact) mass is 608 g/mol. The molecule has 0 atom stereocenters. The van der Waals surface area contributed by atoms with E-state index in [2.05, 4.69) is 5.32 Å². The van der Waals surface area contributed by atoms with Crippen LogP contribution in [0.1, 0.15) is 37.4 Å². The second-order valence-corrected chi connectivity index (χ2v) is 10.8. The number of rotatable bonds is 7. The zero-order chi connectivity index (χ0) is 30.0. The van der Waals surface area contributed by atoms with Crippen molar-refractivity contribution in [2.24, 2.45) is 0 Å². The molecule has 1 fully saturated rings. The average Bonchev–Trinajstić information content (AvgIpc) is 2.98. The average molecular weight is 610 g/mol. The van der Waals surface area contributed by atoms with Crippen molar-refractivity contribution >= 4 is 52.6 Å². The molecule has 0 spiro atoms. The summed E-state index contributed by atoms with van der Waals surface area (Å²) in [5.74, 6) is -0.714. The van der Waals surface area contributed by atoms with Crippen LogP contribution >= 0.6 is 23.2 Å². The third-order valence-corrected chi connectivity index (χ3v) is 7.94. The number of aryl methyl sites for hydroxylation is 1. The van der Waals surface area contributed by atoms with Crippen LogP contribution in [0.4, 0.5) is 5.69 Å². The van der Waals surface area contributed by atoms with Crippen LogP contribution in [0.15, 0.2) is 48.7 Å². The zero-order valence-electron chi connectivity index (χ0n) is 23.2. The molecule has 3 aromatic rings. The van der Waals surface area contributed by atoms with Crippen molar-refractivity contribution < 1.29 is 24.2 Å². The molecule has 11 heteroatoms. The number of carboxylic acid groups (broad SMARTS) is 1. The van der Waals surface area contributed by atoms with E-state index in [9.17, 15) is 14.7 Å². The highest BCUT2D eigenvalue weighted by Crippen LogP contribution is 2.40. The molecule has 0 aromatic heterocycles. The van der Waals surface area contributed by atoms with Gasteiger partial charge in [0.15, 0.2) is 6.73 Å². The topological polar surface area (TPSA) is 115 Å². The Morgan fingerprint density at radius 2 is 1.79 bits per heavy atom. The number of allylic oxidation sites excluding steroid dienone is 1. The van der Waals surface area contributed by atoms with Gasteiger partial charge in [-0.05, 0) is 41.8 Å². The third kappa shape index (κ3) is 5.68. The number of nitrogens with zero attached hydrogens (tertiary/aromatic N) is 2. The summed E-state index contributed by atoms with van der Waals surface area (Å²) in [5.41, 5.74) is 5.34. The quantitative estimate of drug-likeness (QED) is 0.294. The second kappa shape index (κ2) is 12.4. The molecule has 0 bridgehead atoms. The van der Waals surface area contributed by atoms with E-state index in [0.29, 0.717) is 54.4 Å². The summed E-state index contributed by atoms with van der Waals surface area (Å²) in [6, 6.07) is 12.7. The van der Waals surface area contributed by atoms with E-state index in [1.54, 1.807) is 32.3 Å². The number of carbonyl (C=O) groups is 2. The van der Waals surface area contributed by atoms with Gasteiger partial charge in [0, 0.05) is 49.3 Å². The van der Waals surface area contributed by atoms with Crippen LogP contribution in [-0.4, -0.2) is 68.2 Å². The zero-order valence-corrected chi connectivity index (χ0v) is 24.7. The van der Waals surface area contributed by atoms with Crippen molar-refractivity contribution in [3.05, 3.63) is 86.5 Å². The molecule has 5 rings (SSSR count). The van der Waals surface area contributed by atoms with E-state index in [-0.39, 0.29) is 40.4 Å². The predicted molar refractivity (Wildman–Crippen MR) is 164 cm³/mol. The number of carbonyl (C=O) groups excluding carboxylic acids is 1. The molecule has 3 aromatic carbocycles. The molecule has 3 N–H and O–H groups in total. The molecule has 9 nitrogen and oxygen atoms in total. The minimum Gasteiger partial charge on any atom is -0.478 e. The number of nitrogens with one attached hydrogen (secondary N) is 2. The molecule has 0 saturated carbocycles. The van der Waals surface area contributed by atoms with Crippen molar-refractivity contribution in [3.63, 3.8) is 0 Å². The highest BCUT2D eigenvalue weighted by molar-refractivity contribution is 6.40. The standard InChI is InChI=1S/C31H30Cl2N4O5/c1-18-10-21(13-26(27(18)31(39)40)36-6-8-41-9-7-36)23-5-3-4-19-16-37(17-42-29(19)23)30(38)28-24(32)11-20(12-25(28)33)22(14-34)15-35-2/h3-5,10-15,34-35H,6-9,16-17H2,1-2H3,(H,39,40)/b22-15+,34-14?. The highest BCUT2D eigenvalue weighted by Gasteiger charge is 2.29. The number of fused-ring (bicyclic) bond motifs is 1. The maximum atomic E-state index is 13.6. The van der Waals surface area contributed by atoms with Gasteiger partial charge in [-0.3, -0.25) is 4.79 Å². The Morgan fingerprint density at radius 3 is 2.43 bits per heavy atom. The molecule has 2 aliphatic heterocycles.